The molecule has 0 bridgehead atoms. The number of carbonyl (C=O) groups is 1. The molecule has 0 aromatic carbocycles. The fourth-order valence-corrected chi connectivity index (χ4v) is 9.90. The van der Waals surface area contributed by atoms with E-state index in [-0.39, 0.29) is 11.3 Å². The molecule has 0 unspecified atom stereocenters. The Balaban J connectivity index is 1.26. The van der Waals surface area contributed by atoms with E-state index >= 15 is 0 Å². The normalized spacial score (nSPS) is 45.1. The Labute approximate surface area is 210 Å². The maximum atomic E-state index is 13.9. The maximum absolute atomic E-state index is 13.9. The Morgan fingerprint density at radius 2 is 1.94 bits per heavy atom. The van der Waals surface area contributed by atoms with Crippen LogP contribution in [0.15, 0.2) is 24.7 Å². The van der Waals surface area contributed by atoms with Gasteiger partial charge in [-0.15, -0.1) is 0 Å². The number of aromatic nitrogens is 3. The molecule has 0 radical (unpaired) electrons. The Hall–Kier alpha value is -1.75. The first-order chi connectivity index (χ1) is 16.6. The van der Waals surface area contributed by atoms with E-state index in [1.165, 1.54) is 32.1 Å². The zero-order valence-electron chi connectivity index (χ0n) is 22.0. The van der Waals surface area contributed by atoms with Crippen LogP contribution in [-0.4, -0.2) is 31.3 Å². The van der Waals surface area contributed by atoms with Gasteiger partial charge in [-0.25, -0.2) is 0 Å². The summed E-state index contributed by atoms with van der Waals surface area (Å²) >= 11 is 0. The van der Waals surface area contributed by atoms with Crippen LogP contribution in [0.3, 0.4) is 0 Å². The van der Waals surface area contributed by atoms with Crippen molar-refractivity contribution < 1.29 is 9.90 Å². The highest BCUT2D eigenvalue weighted by atomic mass is 16.3. The van der Waals surface area contributed by atoms with Crippen LogP contribution in [0.5, 0.6) is 0 Å². The fourth-order valence-electron chi connectivity index (χ4n) is 9.90. The molecule has 1 N–H and O–H groups in total. The van der Waals surface area contributed by atoms with Crippen LogP contribution in [0.4, 0.5) is 0 Å². The number of hydrogen-bond donors (Lipinski definition) is 1. The molecule has 9 atom stereocenters. The van der Waals surface area contributed by atoms with E-state index in [0.29, 0.717) is 35.5 Å². The van der Waals surface area contributed by atoms with Crippen molar-refractivity contribution in [2.24, 2.45) is 46.3 Å². The van der Waals surface area contributed by atoms with Gasteiger partial charge in [0.05, 0.1) is 18.3 Å². The number of pyridine rings is 1. The average Bonchev–Trinajstić information content (AvgIpc) is 3.36. The number of carbonyl (C=O) groups excluding carboxylic acids is 1. The van der Waals surface area contributed by atoms with E-state index < -0.39 is 5.60 Å². The standard InChI is InChI=1S/C30H43N3O2/c1-5-19-14-24-22-7-6-21-15-28(2,35)11-12-29(21,3)23(22)8-10-30(24,4)27(19)26(34)18-33-17-20-9-13-31-16-25(20)32-33/h9,13,16-17,19,21-24,27,35H,5-8,10-12,14-15,18H2,1-4H3/t19-,21+,22-,23+,24+,27-,28-,29+,30+/m1/s1. The molecule has 4 saturated carbocycles. The van der Waals surface area contributed by atoms with Crippen molar-refractivity contribution in [3.8, 4) is 0 Å². The second-order valence-corrected chi connectivity index (χ2v) is 13.5. The molecule has 0 aliphatic heterocycles. The van der Waals surface area contributed by atoms with Crippen molar-refractivity contribution in [3.05, 3.63) is 24.7 Å². The Morgan fingerprint density at radius 1 is 1.11 bits per heavy atom. The summed E-state index contributed by atoms with van der Waals surface area (Å²) in [6.45, 7) is 9.74. The van der Waals surface area contributed by atoms with Crippen LogP contribution < -0.4 is 0 Å². The Morgan fingerprint density at radius 3 is 2.71 bits per heavy atom. The van der Waals surface area contributed by atoms with Crippen LogP contribution in [-0.2, 0) is 11.3 Å². The molecule has 2 heterocycles. The minimum atomic E-state index is -0.480. The number of ketones is 1. The lowest BCUT2D eigenvalue weighted by Crippen LogP contribution is -2.55. The molecule has 0 spiro atoms. The van der Waals surface area contributed by atoms with Gasteiger partial charge in [0, 0.05) is 23.7 Å². The zero-order valence-corrected chi connectivity index (χ0v) is 22.0. The summed E-state index contributed by atoms with van der Waals surface area (Å²) in [5.74, 6) is 3.81. The molecular weight excluding hydrogens is 434 g/mol. The molecule has 5 heteroatoms. The molecule has 4 aliphatic rings. The lowest BCUT2D eigenvalue weighted by Gasteiger charge is -2.61. The summed E-state index contributed by atoms with van der Waals surface area (Å²) in [7, 11) is 0. The molecule has 2 aromatic rings. The highest BCUT2D eigenvalue weighted by Gasteiger charge is 2.63. The summed E-state index contributed by atoms with van der Waals surface area (Å²) in [5.41, 5.74) is 0.849. The SMILES string of the molecule is CC[C@@H]1C[C@H]2[C@@H]3CC[C@H]4C[C@](C)(O)CC[C@]4(C)[C@H]3CC[C@]2(C)[C@H]1C(=O)Cn1cc2ccncc2n1. The van der Waals surface area contributed by atoms with Crippen molar-refractivity contribution in [2.45, 2.75) is 97.6 Å². The van der Waals surface area contributed by atoms with Crippen molar-refractivity contribution >= 4 is 16.7 Å². The minimum absolute atomic E-state index is 0.108. The average molecular weight is 478 g/mol. The topological polar surface area (TPSA) is 68.0 Å². The largest absolute Gasteiger partial charge is 0.390 e. The van der Waals surface area contributed by atoms with Crippen molar-refractivity contribution in [1.82, 2.24) is 14.8 Å². The van der Waals surface area contributed by atoms with Crippen LogP contribution in [0.25, 0.3) is 10.9 Å². The van der Waals surface area contributed by atoms with Crippen LogP contribution in [0.1, 0.15) is 85.5 Å². The molecule has 5 nitrogen and oxygen atoms in total. The molecule has 4 aliphatic carbocycles. The van der Waals surface area contributed by atoms with Gasteiger partial charge in [0.2, 0.25) is 0 Å². The molecule has 6 rings (SSSR count). The van der Waals surface area contributed by atoms with Gasteiger partial charge in [-0.05, 0) is 105 Å². The summed E-state index contributed by atoms with van der Waals surface area (Å²) < 4.78 is 1.85. The molecule has 35 heavy (non-hydrogen) atoms. The van der Waals surface area contributed by atoms with E-state index in [1.807, 2.05) is 16.9 Å². The molecule has 4 fully saturated rings. The van der Waals surface area contributed by atoms with Crippen LogP contribution in [0, 0.1) is 46.3 Å². The summed E-state index contributed by atoms with van der Waals surface area (Å²) in [4.78, 5) is 18.1. The number of rotatable bonds is 4. The van der Waals surface area contributed by atoms with E-state index in [2.05, 4.69) is 37.8 Å². The van der Waals surface area contributed by atoms with Gasteiger partial charge >= 0.3 is 0 Å². The predicted octanol–water partition coefficient (Wildman–Crippen LogP) is 6.05. The van der Waals surface area contributed by atoms with Gasteiger partial charge in [-0.3, -0.25) is 14.5 Å². The number of nitrogens with zero attached hydrogens (tertiary/aromatic N) is 3. The molecule has 2 aromatic heterocycles. The Kier molecular flexibility index (Phi) is 5.49. The van der Waals surface area contributed by atoms with E-state index in [1.54, 1.807) is 12.4 Å². The summed E-state index contributed by atoms with van der Waals surface area (Å²) in [6, 6.07) is 1.97. The quantitative estimate of drug-likeness (QED) is 0.582. The second kappa shape index (κ2) is 8.13. The van der Waals surface area contributed by atoms with Gasteiger partial charge in [-0.1, -0.05) is 27.2 Å². The highest BCUT2D eigenvalue weighted by molar-refractivity contribution is 5.83. The first-order valence-corrected chi connectivity index (χ1v) is 14.2. The van der Waals surface area contributed by atoms with Gasteiger partial charge in [-0.2, -0.15) is 5.10 Å². The number of aliphatic hydroxyl groups is 1. The number of Topliss-reactive ketones (excluding diaryl/α,β-unsaturated/α-hetero) is 1. The third-order valence-electron chi connectivity index (χ3n) is 11.7. The monoisotopic (exact) mass is 477 g/mol. The van der Waals surface area contributed by atoms with Crippen molar-refractivity contribution in [1.29, 1.82) is 0 Å². The molecule has 0 saturated heterocycles. The van der Waals surface area contributed by atoms with Gasteiger partial charge in [0.15, 0.2) is 5.78 Å². The summed E-state index contributed by atoms with van der Waals surface area (Å²) in [6.07, 6.45) is 15.9. The lowest BCUT2D eigenvalue weighted by molar-refractivity contribution is -0.151. The third kappa shape index (κ3) is 3.62. The lowest BCUT2D eigenvalue weighted by atomic mass is 9.44. The molecular formula is C30H43N3O2. The highest BCUT2D eigenvalue weighted by Crippen LogP contribution is 2.69. The predicted molar refractivity (Wildman–Crippen MR) is 138 cm³/mol. The zero-order chi connectivity index (χ0) is 24.6. The van der Waals surface area contributed by atoms with E-state index in [9.17, 15) is 9.90 Å². The van der Waals surface area contributed by atoms with Gasteiger partial charge in [0.25, 0.3) is 0 Å². The van der Waals surface area contributed by atoms with Gasteiger partial charge < -0.3 is 5.11 Å². The smallest absolute Gasteiger partial charge is 0.158 e. The third-order valence-corrected chi connectivity index (χ3v) is 11.7. The van der Waals surface area contributed by atoms with Crippen molar-refractivity contribution in [3.63, 3.8) is 0 Å². The minimum Gasteiger partial charge on any atom is -0.390 e. The van der Waals surface area contributed by atoms with Gasteiger partial charge in [0.1, 0.15) is 5.52 Å². The van der Waals surface area contributed by atoms with E-state index in [4.69, 9.17) is 0 Å². The van der Waals surface area contributed by atoms with Crippen LogP contribution >= 0.6 is 0 Å². The summed E-state index contributed by atoms with van der Waals surface area (Å²) in [5, 5.41) is 16.5. The number of hydrogen-bond acceptors (Lipinski definition) is 4. The molecule has 190 valence electrons. The van der Waals surface area contributed by atoms with E-state index in [0.717, 1.165) is 48.4 Å². The first kappa shape index (κ1) is 23.6. The number of fused-ring (bicyclic) bond motifs is 6. The maximum Gasteiger partial charge on any atom is 0.158 e. The Bertz CT molecular complexity index is 1090. The van der Waals surface area contributed by atoms with Crippen LogP contribution in [0.2, 0.25) is 0 Å². The second-order valence-electron chi connectivity index (χ2n) is 13.5. The first-order valence-electron chi connectivity index (χ1n) is 14.2. The van der Waals surface area contributed by atoms with Crippen molar-refractivity contribution in [2.75, 3.05) is 0 Å². The fraction of sp³-hybridized carbons (Fsp3) is 0.767. The molecule has 0 amide bonds.